The van der Waals surface area contributed by atoms with Crippen molar-refractivity contribution in [1.82, 2.24) is 0 Å². The van der Waals surface area contributed by atoms with Gasteiger partial charge in [-0.1, -0.05) is 58.0 Å². The van der Waals surface area contributed by atoms with Crippen LogP contribution in [-0.2, 0) is 9.59 Å². The third-order valence-corrected chi connectivity index (χ3v) is 6.38. The number of carbonyl (C=O) groups is 2. The van der Waals surface area contributed by atoms with Gasteiger partial charge >= 0.3 is 0 Å². The Kier molecular flexibility index (Phi) is 8.42. The molecule has 0 bridgehead atoms. The van der Waals surface area contributed by atoms with Crippen molar-refractivity contribution in [1.29, 1.82) is 0 Å². The SMILES string of the molecule is C=CCN(C(C)=O)c1ccccc1SSc1ccccc1N(CC=C)C(C)=O. The molecule has 0 N–H and O–H groups in total. The molecule has 0 radical (unpaired) electrons. The summed E-state index contributed by atoms with van der Waals surface area (Å²) in [4.78, 5) is 29.5. The number of rotatable bonds is 9. The molecule has 2 aromatic carbocycles. The first-order chi connectivity index (χ1) is 13.5. The molecular formula is C22H24N2O2S2. The Morgan fingerprint density at radius 2 is 1.14 bits per heavy atom. The van der Waals surface area contributed by atoms with Crippen LogP contribution in [0.4, 0.5) is 11.4 Å². The van der Waals surface area contributed by atoms with Crippen molar-refractivity contribution in [3.05, 3.63) is 73.8 Å². The van der Waals surface area contributed by atoms with Crippen LogP contribution in [0.5, 0.6) is 0 Å². The topological polar surface area (TPSA) is 40.6 Å². The van der Waals surface area contributed by atoms with Gasteiger partial charge in [0.1, 0.15) is 0 Å². The standard InChI is InChI=1S/C22H24N2O2S2/c1-5-15-23(17(3)25)19-11-7-9-13-21(19)27-28-22-14-10-8-12-20(22)24(16-6-2)18(4)26/h5-14H,1-2,15-16H2,3-4H3. The Hall–Kier alpha value is -2.44. The predicted molar refractivity (Wildman–Crippen MR) is 121 cm³/mol. The molecule has 0 aliphatic carbocycles. The summed E-state index contributed by atoms with van der Waals surface area (Å²) in [5, 5.41) is 0. The van der Waals surface area contributed by atoms with Crippen molar-refractivity contribution in [2.45, 2.75) is 23.6 Å². The second-order valence-corrected chi connectivity index (χ2v) is 8.15. The number of benzene rings is 2. The van der Waals surface area contributed by atoms with Crippen LogP contribution in [0.15, 0.2) is 83.6 Å². The van der Waals surface area contributed by atoms with Gasteiger partial charge in [0.25, 0.3) is 0 Å². The first-order valence-electron chi connectivity index (χ1n) is 8.80. The van der Waals surface area contributed by atoms with Crippen molar-refractivity contribution < 1.29 is 9.59 Å². The molecule has 146 valence electrons. The Balaban J connectivity index is 2.31. The van der Waals surface area contributed by atoms with Gasteiger partial charge in [-0.05, 0) is 24.3 Å². The Labute approximate surface area is 174 Å². The fourth-order valence-electron chi connectivity index (χ4n) is 2.64. The quantitative estimate of drug-likeness (QED) is 0.399. The summed E-state index contributed by atoms with van der Waals surface area (Å²) < 4.78 is 0. The molecule has 0 unspecified atom stereocenters. The molecule has 0 saturated heterocycles. The predicted octanol–water partition coefficient (Wildman–Crippen LogP) is 5.56. The van der Waals surface area contributed by atoms with Crippen LogP contribution >= 0.6 is 21.6 Å². The third-order valence-electron chi connectivity index (χ3n) is 3.92. The highest BCUT2D eigenvalue weighted by atomic mass is 33.1. The smallest absolute Gasteiger partial charge is 0.224 e. The molecule has 6 heteroatoms. The van der Waals surface area contributed by atoms with Crippen LogP contribution < -0.4 is 9.80 Å². The molecule has 0 atom stereocenters. The number of carbonyl (C=O) groups excluding carboxylic acids is 2. The van der Waals surface area contributed by atoms with E-state index in [0.717, 1.165) is 21.2 Å². The van der Waals surface area contributed by atoms with E-state index in [1.165, 1.54) is 0 Å². The van der Waals surface area contributed by atoms with Gasteiger partial charge in [0, 0.05) is 36.7 Å². The van der Waals surface area contributed by atoms with Crippen LogP contribution in [0.1, 0.15) is 13.8 Å². The van der Waals surface area contributed by atoms with Gasteiger partial charge in [-0.2, -0.15) is 0 Å². The minimum atomic E-state index is -0.0351. The number of hydrogen-bond acceptors (Lipinski definition) is 4. The van der Waals surface area contributed by atoms with Crippen LogP contribution in [0.3, 0.4) is 0 Å². The van der Waals surface area contributed by atoms with Crippen molar-refractivity contribution in [2.24, 2.45) is 0 Å². The number of hydrogen-bond donors (Lipinski definition) is 0. The molecule has 28 heavy (non-hydrogen) atoms. The number of para-hydroxylation sites is 2. The molecule has 2 aromatic rings. The molecule has 0 fully saturated rings. The minimum Gasteiger partial charge on any atom is -0.308 e. The molecule has 0 saturated carbocycles. The van der Waals surface area contributed by atoms with E-state index < -0.39 is 0 Å². The maximum atomic E-state index is 12.1. The highest BCUT2D eigenvalue weighted by Gasteiger charge is 2.17. The highest BCUT2D eigenvalue weighted by Crippen LogP contribution is 2.45. The highest BCUT2D eigenvalue weighted by molar-refractivity contribution is 8.76. The second kappa shape index (κ2) is 10.8. The minimum absolute atomic E-state index is 0.0351. The lowest BCUT2D eigenvalue weighted by Gasteiger charge is -2.23. The summed E-state index contributed by atoms with van der Waals surface area (Å²) in [5.41, 5.74) is 1.69. The van der Waals surface area contributed by atoms with Gasteiger partial charge in [0.2, 0.25) is 11.8 Å². The third kappa shape index (κ3) is 5.53. The van der Waals surface area contributed by atoms with E-state index in [0.29, 0.717) is 13.1 Å². The van der Waals surface area contributed by atoms with Crippen LogP contribution in [-0.4, -0.2) is 24.9 Å². The molecule has 0 aromatic heterocycles. The summed E-state index contributed by atoms with van der Waals surface area (Å²) in [7, 11) is 3.12. The Bertz CT molecular complexity index is 796. The molecule has 2 rings (SSSR count). The van der Waals surface area contributed by atoms with Crippen LogP contribution in [0.25, 0.3) is 0 Å². The van der Waals surface area contributed by atoms with Crippen molar-refractivity contribution >= 4 is 44.8 Å². The molecule has 0 spiro atoms. The van der Waals surface area contributed by atoms with Crippen LogP contribution in [0.2, 0.25) is 0 Å². The molecule has 2 amide bonds. The van der Waals surface area contributed by atoms with Crippen LogP contribution in [0, 0.1) is 0 Å². The molecule has 4 nitrogen and oxygen atoms in total. The van der Waals surface area contributed by atoms with Gasteiger partial charge in [-0.15, -0.1) is 13.2 Å². The average Bonchev–Trinajstić information content (AvgIpc) is 2.69. The summed E-state index contributed by atoms with van der Waals surface area (Å²) in [6, 6.07) is 15.6. The zero-order chi connectivity index (χ0) is 20.5. The Morgan fingerprint density at radius 1 is 0.786 bits per heavy atom. The van der Waals surface area contributed by atoms with E-state index >= 15 is 0 Å². The monoisotopic (exact) mass is 412 g/mol. The number of nitrogens with zero attached hydrogens (tertiary/aromatic N) is 2. The fourth-order valence-corrected chi connectivity index (χ4v) is 5.00. The molecular weight excluding hydrogens is 388 g/mol. The van der Waals surface area contributed by atoms with Gasteiger partial charge < -0.3 is 9.80 Å². The fraction of sp³-hybridized carbons (Fsp3) is 0.182. The molecule has 0 heterocycles. The van der Waals surface area contributed by atoms with E-state index in [9.17, 15) is 9.59 Å². The normalized spacial score (nSPS) is 10.2. The second-order valence-electron chi connectivity index (χ2n) is 5.94. The summed E-state index contributed by atoms with van der Waals surface area (Å²) >= 11 is 0. The summed E-state index contributed by atoms with van der Waals surface area (Å²) in [6.45, 7) is 11.5. The van der Waals surface area contributed by atoms with Gasteiger partial charge in [0.05, 0.1) is 11.4 Å². The van der Waals surface area contributed by atoms with Crippen molar-refractivity contribution in [3.8, 4) is 0 Å². The lowest BCUT2D eigenvalue weighted by Crippen LogP contribution is -2.29. The first-order valence-corrected chi connectivity index (χ1v) is 10.9. The van der Waals surface area contributed by atoms with E-state index in [1.54, 1.807) is 57.4 Å². The Morgan fingerprint density at radius 3 is 1.46 bits per heavy atom. The summed E-state index contributed by atoms with van der Waals surface area (Å²) in [5.74, 6) is -0.0702. The largest absolute Gasteiger partial charge is 0.308 e. The van der Waals surface area contributed by atoms with Gasteiger partial charge in [-0.3, -0.25) is 9.59 Å². The van der Waals surface area contributed by atoms with Gasteiger partial charge in [-0.25, -0.2) is 0 Å². The average molecular weight is 413 g/mol. The molecule has 0 aliphatic rings. The van der Waals surface area contributed by atoms with E-state index in [1.807, 2.05) is 48.5 Å². The molecule has 0 aliphatic heterocycles. The lowest BCUT2D eigenvalue weighted by atomic mass is 10.3. The van der Waals surface area contributed by atoms with Gasteiger partial charge in [0.15, 0.2) is 0 Å². The number of amides is 2. The zero-order valence-corrected chi connectivity index (χ0v) is 17.8. The maximum absolute atomic E-state index is 12.1. The van der Waals surface area contributed by atoms with E-state index in [2.05, 4.69) is 13.2 Å². The first kappa shape index (κ1) is 21.9. The van der Waals surface area contributed by atoms with Crippen molar-refractivity contribution in [2.75, 3.05) is 22.9 Å². The number of anilines is 2. The van der Waals surface area contributed by atoms with Crippen molar-refractivity contribution in [3.63, 3.8) is 0 Å². The summed E-state index contributed by atoms with van der Waals surface area (Å²) in [6.07, 6.45) is 3.43. The van der Waals surface area contributed by atoms with E-state index in [-0.39, 0.29) is 11.8 Å². The lowest BCUT2D eigenvalue weighted by molar-refractivity contribution is -0.117. The maximum Gasteiger partial charge on any atom is 0.224 e. The zero-order valence-electron chi connectivity index (χ0n) is 16.1. The van der Waals surface area contributed by atoms with E-state index in [4.69, 9.17) is 0 Å².